The lowest BCUT2D eigenvalue weighted by Crippen LogP contribution is -2.06. The van der Waals surface area contributed by atoms with Gasteiger partial charge in [-0.3, -0.25) is 0 Å². The maximum Gasteiger partial charge on any atom is 0.143 e. The first kappa shape index (κ1) is 13.9. The van der Waals surface area contributed by atoms with Crippen molar-refractivity contribution in [2.45, 2.75) is 11.4 Å². The Morgan fingerprint density at radius 2 is 1.80 bits per heavy atom. The Balaban J connectivity index is 2.64. The Morgan fingerprint density at radius 1 is 1.15 bits per heavy atom. The minimum absolute atomic E-state index is 0.182. The number of nitrogen functional groups attached to an aromatic ring is 1. The predicted octanol–water partition coefficient (Wildman–Crippen LogP) is 2.72. The van der Waals surface area contributed by atoms with Crippen LogP contribution in [0.5, 0.6) is 0 Å². The average Bonchev–Trinajstić information content (AvgIpc) is 2.48. The van der Waals surface area contributed by atoms with Crippen molar-refractivity contribution in [3.63, 3.8) is 0 Å². The Labute approximate surface area is 121 Å². The van der Waals surface area contributed by atoms with E-state index in [9.17, 15) is 10.5 Å². The fourth-order valence-corrected chi connectivity index (χ4v) is 2.56. The maximum atomic E-state index is 9.37. The fraction of sp³-hybridized carbons (Fsp3) is 0.133. The Hall–Kier alpha value is -2.50. The van der Waals surface area contributed by atoms with Crippen LogP contribution in [0, 0.1) is 22.7 Å². The summed E-state index contributed by atoms with van der Waals surface area (Å²) in [7, 11) is 0. The Morgan fingerprint density at radius 3 is 2.35 bits per heavy atom. The number of hydrogen-bond acceptors (Lipinski definition) is 5. The molecule has 0 atom stereocenters. The molecule has 0 saturated carbocycles. The molecule has 20 heavy (non-hydrogen) atoms. The third-order valence-electron chi connectivity index (χ3n) is 2.94. The van der Waals surface area contributed by atoms with Gasteiger partial charge in [-0.05, 0) is 17.4 Å². The summed E-state index contributed by atoms with van der Waals surface area (Å²) in [4.78, 5) is 4.13. The van der Waals surface area contributed by atoms with E-state index in [0.717, 1.165) is 5.56 Å². The molecule has 1 aromatic heterocycles. The first-order valence-electron chi connectivity index (χ1n) is 5.91. The van der Waals surface area contributed by atoms with Crippen LogP contribution in [-0.4, -0.2) is 11.2 Å². The lowest BCUT2D eigenvalue weighted by atomic mass is 9.97. The Kier molecular flexibility index (Phi) is 4.24. The number of nitrogens with two attached hydrogens (primary N) is 1. The molecule has 0 unspecified atom stereocenters. The van der Waals surface area contributed by atoms with Gasteiger partial charge < -0.3 is 5.73 Å². The van der Waals surface area contributed by atoms with E-state index in [1.165, 1.54) is 11.8 Å². The first-order chi connectivity index (χ1) is 9.71. The van der Waals surface area contributed by atoms with Crippen LogP contribution in [0.4, 0.5) is 5.82 Å². The number of rotatable bonds is 3. The molecule has 4 nitrogen and oxygen atoms in total. The summed E-state index contributed by atoms with van der Waals surface area (Å²) >= 11 is 1.36. The van der Waals surface area contributed by atoms with Crippen molar-refractivity contribution < 1.29 is 0 Å². The summed E-state index contributed by atoms with van der Waals surface area (Å²) in [6, 6.07) is 13.9. The zero-order chi connectivity index (χ0) is 14.5. The number of anilines is 1. The summed E-state index contributed by atoms with van der Waals surface area (Å²) < 4.78 is 0. The number of benzene rings is 1. The van der Waals surface area contributed by atoms with E-state index in [0.29, 0.717) is 28.1 Å². The highest BCUT2D eigenvalue weighted by Crippen LogP contribution is 2.28. The molecular formula is C15H12N4S. The zero-order valence-electron chi connectivity index (χ0n) is 10.9. The van der Waals surface area contributed by atoms with Gasteiger partial charge >= 0.3 is 0 Å². The zero-order valence-corrected chi connectivity index (χ0v) is 11.7. The average molecular weight is 280 g/mol. The molecule has 2 aromatic rings. The highest BCUT2D eigenvalue weighted by atomic mass is 32.2. The largest absolute Gasteiger partial charge is 0.383 e. The second-order valence-corrected chi connectivity index (χ2v) is 4.92. The van der Waals surface area contributed by atoms with Gasteiger partial charge in [-0.2, -0.15) is 10.5 Å². The predicted molar refractivity (Wildman–Crippen MR) is 79.1 cm³/mol. The summed E-state index contributed by atoms with van der Waals surface area (Å²) in [6.07, 6.45) is 2.33. The van der Waals surface area contributed by atoms with Crippen molar-refractivity contribution in [1.29, 1.82) is 10.5 Å². The van der Waals surface area contributed by atoms with Crippen LogP contribution in [0.2, 0.25) is 0 Å². The van der Waals surface area contributed by atoms with Gasteiger partial charge in [-0.1, -0.05) is 30.3 Å². The minimum atomic E-state index is 0.182. The standard InChI is InChI=1S/C15H12N4S/c1-20-15-13(9-17)11(12(8-16)14(18)19-15)7-10-5-3-2-4-6-10/h2-6H,7H2,1H3,(H2,18,19). The molecule has 2 N–H and O–H groups in total. The van der Waals surface area contributed by atoms with Gasteiger partial charge in [0.2, 0.25) is 0 Å². The molecule has 0 aliphatic carbocycles. The third-order valence-corrected chi connectivity index (χ3v) is 3.62. The van der Waals surface area contributed by atoms with E-state index >= 15 is 0 Å². The number of nitriles is 2. The van der Waals surface area contributed by atoms with Gasteiger partial charge in [-0.25, -0.2) is 4.98 Å². The maximum absolute atomic E-state index is 9.37. The molecular weight excluding hydrogens is 268 g/mol. The topological polar surface area (TPSA) is 86.5 Å². The van der Waals surface area contributed by atoms with Crippen LogP contribution >= 0.6 is 11.8 Å². The second kappa shape index (κ2) is 6.10. The third kappa shape index (κ3) is 2.59. The van der Waals surface area contributed by atoms with Crippen LogP contribution in [-0.2, 0) is 6.42 Å². The van der Waals surface area contributed by atoms with Gasteiger partial charge in [-0.15, -0.1) is 11.8 Å². The first-order valence-corrected chi connectivity index (χ1v) is 7.14. The molecule has 1 heterocycles. The highest BCUT2D eigenvalue weighted by molar-refractivity contribution is 7.98. The molecule has 0 radical (unpaired) electrons. The van der Waals surface area contributed by atoms with Crippen LogP contribution in [0.1, 0.15) is 22.3 Å². The van der Waals surface area contributed by atoms with Crippen molar-refractivity contribution in [3.05, 3.63) is 52.6 Å². The van der Waals surface area contributed by atoms with Crippen molar-refractivity contribution >= 4 is 17.6 Å². The van der Waals surface area contributed by atoms with Crippen molar-refractivity contribution in [1.82, 2.24) is 4.98 Å². The molecule has 0 fully saturated rings. The molecule has 0 bridgehead atoms. The molecule has 0 saturated heterocycles. The summed E-state index contributed by atoms with van der Waals surface area (Å²) in [5, 5.41) is 19.2. The van der Waals surface area contributed by atoms with Gasteiger partial charge in [0.15, 0.2) is 0 Å². The van der Waals surface area contributed by atoms with E-state index in [1.54, 1.807) is 0 Å². The normalized spacial score (nSPS) is 9.75. The van der Waals surface area contributed by atoms with Gasteiger partial charge in [0.05, 0.1) is 11.1 Å². The van der Waals surface area contributed by atoms with E-state index in [4.69, 9.17) is 5.73 Å². The summed E-state index contributed by atoms with van der Waals surface area (Å²) in [5.74, 6) is 0.182. The van der Waals surface area contributed by atoms with Crippen LogP contribution in [0.25, 0.3) is 0 Å². The van der Waals surface area contributed by atoms with Crippen LogP contribution in [0.3, 0.4) is 0 Å². The van der Waals surface area contributed by atoms with Crippen LogP contribution in [0.15, 0.2) is 35.4 Å². The number of aromatic nitrogens is 1. The quantitative estimate of drug-likeness (QED) is 0.873. The summed E-state index contributed by atoms with van der Waals surface area (Å²) in [6.45, 7) is 0. The van der Waals surface area contributed by atoms with Crippen molar-refractivity contribution in [2.24, 2.45) is 0 Å². The second-order valence-electron chi connectivity index (χ2n) is 4.12. The van der Waals surface area contributed by atoms with Gasteiger partial charge in [0.25, 0.3) is 0 Å². The van der Waals surface area contributed by atoms with E-state index in [-0.39, 0.29) is 5.82 Å². The van der Waals surface area contributed by atoms with Gasteiger partial charge in [0, 0.05) is 6.42 Å². The molecule has 0 spiro atoms. The summed E-state index contributed by atoms with van der Waals surface area (Å²) in [5.41, 5.74) is 8.24. The molecule has 0 amide bonds. The van der Waals surface area contributed by atoms with E-state index in [1.807, 2.05) is 36.6 Å². The fourth-order valence-electron chi connectivity index (χ4n) is 1.99. The number of thioether (sulfide) groups is 1. The lowest BCUT2D eigenvalue weighted by Gasteiger charge is -2.11. The molecule has 1 aromatic carbocycles. The highest BCUT2D eigenvalue weighted by Gasteiger charge is 2.18. The van der Waals surface area contributed by atoms with Crippen molar-refractivity contribution in [2.75, 3.05) is 12.0 Å². The molecule has 5 heteroatoms. The molecule has 0 aliphatic heterocycles. The van der Waals surface area contributed by atoms with Gasteiger partial charge in [0.1, 0.15) is 23.0 Å². The SMILES string of the molecule is CSc1nc(N)c(C#N)c(Cc2ccccc2)c1C#N. The number of nitrogens with zero attached hydrogens (tertiary/aromatic N) is 3. The number of hydrogen-bond donors (Lipinski definition) is 1. The molecule has 0 aliphatic rings. The number of pyridine rings is 1. The molecule has 98 valence electrons. The van der Waals surface area contributed by atoms with Crippen LogP contribution < -0.4 is 5.73 Å². The minimum Gasteiger partial charge on any atom is -0.383 e. The van der Waals surface area contributed by atoms with E-state index in [2.05, 4.69) is 17.1 Å². The Bertz CT molecular complexity index is 711. The van der Waals surface area contributed by atoms with E-state index < -0.39 is 0 Å². The van der Waals surface area contributed by atoms with Crippen molar-refractivity contribution in [3.8, 4) is 12.1 Å². The smallest absolute Gasteiger partial charge is 0.143 e. The molecule has 2 rings (SSSR count). The lowest BCUT2D eigenvalue weighted by molar-refractivity contribution is 1.05. The monoisotopic (exact) mass is 280 g/mol.